The lowest BCUT2D eigenvalue weighted by Gasteiger charge is -2.30. The number of anilines is 1. The van der Waals surface area contributed by atoms with Crippen molar-refractivity contribution < 1.29 is 8.42 Å². The van der Waals surface area contributed by atoms with Crippen molar-refractivity contribution in [3.05, 3.63) is 72.3 Å². The molecule has 0 unspecified atom stereocenters. The number of benzene rings is 2. The maximum atomic E-state index is 13.2. The zero-order valence-electron chi connectivity index (χ0n) is 14.0. The Balaban J connectivity index is 1.81. The lowest BCUT2D eigenvalue weighted by molar-refractivity contribution is 0.334. The predicted molar refractivity (Wildman–Crippen MR) is 98.5 cm³/mol. The van der Waals surface area contributed by atoms with Crippen molar-refractivity contribution in [2.45, 2.75) is 23.5 Å². The summed E-state index contributed by atoms with van der Waals surface area (Å²) in [4.78, 5) is 0.280. The number of nitrogens with zero attached hydrogens (tertiary/aromatic N) is 1. The Morgan fingerprint density at radius 3 is 2.60 bits per heavy atom. The highest BCUT2D eigenvalue weighted by molar-refractivity contribution is 7.89. The predicted octanol–water partition coefficient (Wildman–Crippen LogP) is 2.41. The molecule has 130 valence electrons. The van der Waals surface area contributed by atoms with Crippen LogP contribution in [0.5, 0.6) is 0 Å². The lowest BCUT2D eigenvalue weighted by Crippen LogP contribution is -2.52. The van der Waals surface area contributed by atoms with Crippen LogP contribution >= 0.6 is 0 Å². The minimum absolute atomic E-state index is 0.172. The molecule has 25 heavy (non-hydrogen) atoms. The summed E-state index contributed by atoms with van der Waals surface area (Å²) >= 11 is 0. The molecule has 1 fully saturated rings. The van der Waals surface area contributed by atoms with E-state index in [0.29, 0.717) is 6.54 Å². The number of hydrogen-bond donors (Lipinski definition) is 2. The Labute approximate surface area is 148 Å². The average molecular weight is 355 g/mol. The number of fused-ring (bicyclic) bond motifs is 3. The first kappa shape index (κ1) is 16.3. The fourth-order valence-corrected chi connectivity index (χ4v) is 5.53. The van der Waals surface area contributed by atoms with Crippen molar-refractivity contribution >= 4 is 15.7 Å². The molecule has 2 heterocycles. The summed E-state index contributed by atoms with van der Waals surface area (Å²) in [5.74, 6) is -0.172. The molecule has 0 amide bonds. The van der Waals surface area contributed by atoms with Gasteiger partial charge < -0.3 is 11.1 Å². The molecule has 0 aliphatic carbocycles. The molecule has 1 saturated heterocycles. The fraction of sp³-hybridized carbons (Fsp3) is 0.263. The maximum absolute atomic E-state index is 13.2. The summed E-state index contributed by atoms with van der Waals surface area (Å²) < 4.78 is 28.0. The van der Waals surface area contributed by atoms with Gasteiger partial charge in [0.2, 0.25) is 10.0 Å². The third kappa shape index (κ3) is 2.18. The Morgan fingerprint density at radius 2 is 1.92 bits per heavy atom. The highest BCUT2D eigenvalue weighted by atomic mass is 32.2. The minimum Gasteiger partial charge on any atom is -0.367 e. The quantitative estimate of drug-likeness (QED) is 0.829. The molecule has 0 aromatic heterocycles. The standard InChI is InChI=1S/C19H21N3O2S/c1-3-14-12-22(25(23,24)15-10-8-13(2)9-11-15)18-19(14,20)16-6-4-5-7-17(16)21-18/h3-11,14,18,21H,1,12,20H2,2H3/t14-,18-,19+/m0/s1. The van der Waals surface area contributed by atoms with E-state index in [1.165, 1.54) is 4.31 Å². The van der Waals surface area contributed by atoms with Gasteiger partial charge in [0.15, 0.2) is 0 Å². The fourth-order valence-electron chi connectivity index (χ4n) is 3.92. The van der Waals surface area contributed by atoms with Crippen molar-refractivity contribution in [2.24, 2.45) is 11.7 Å². The van der Waals surface area contributed by atoms with Gasteiger partial charge in [-0.05, 0) is 30.7 Å². The topological polar surface area (TPSA) is 75.4 Å². The van der Waals surface area contributed by atoms with Gasteiger partial charge in [-0.2, -0.15) is 4.31 Å². The van der Waals surface area contributed by atoms with E-state index < -0.39 is 21.7 Å². The highest BCUT2D eigenvalue weighted by Gasteiger charge is 2.59. The van der Waals surface area contributed by atoms with E-state index in [1.54, 1.807) is 30.3 Å². The first-order valence-corrected chi connectivity index (χ1v) is 9.69. The third-order valence-corrected chi connectivity index (χ3v) is 7.17. The molecule has 2 aliphatic heterocycles. The van der Waals surface area contributed by atoms with Crippen LogP contribution < -0.4 is 11.1 Å². The van der Waals surface area contributed by atoms with E-state index in [-0.39, 0.29) is 10.8 Å². The van der Waals surface area contributed by atoms with Crippen LogP contribution in [0.1, 0.15) is 11.1 Å². The summed E-state index contributed by atoms with van der Waals surface area (Å²) in [6.45, 7) is 6.13. The van der Waals surface area contributed by atoms with E-state index in [2.05, 4.69) is 11.9 Å². The van der Waals surface area contributed by atoms with Crippen molar-refractivity contribution in [1.82, 2.24) is 4.31 Å². The second-order valence-corrected chi connectivity index (χ2v) is 8.65. The summed E-state index contributed by atoms with van der Waals surface area (Å²) in [5.41, 5.74) is 8.79. The van der Waals surface area contributed by atoms with Crippen LogP contribution in [-0.2, 0) is 15.6 Å². The number of aryl methyl sites for hydroxylation is 1. The van der Waals surface area contributed by atoms with Gasteiger partial charge in [0.1, 0.15) is 6.17 Å². The van der Waals surface area contributed by atoms with Crippen molar-refractivity contribution in [2.75, 3.05) is 11.9 Å². The molecule has 6 heteroatoms. The Kier molecular flexibility index (Phi) is 3.54. The lowest BCUT2D eigenvalue weighted by atomic mass is 9.81. The van der Waals surface area contributed by atoms with Gasteiger partial charge in [-0.25, -0.2) is 8.42 Å². The van der Waals surface area contributed by atoms with Crippen molar-refractivity contribution in [3.63, 3.8) is 0 Å². The third-order valence-electron chi connectivity index (χ3n) is 5.33. The average Bonchev–Trinajstić information content (AvgIpc) is 3.05. The van der Waals surface area contributed by atoms with Gasteiger partial charge in [0, 0.05) is 18.2 Å². The van der Waals surface area contributed by atoms with Crippen LogP contribution in [-0.4, -0.2) is 25.4 Å². The number of hydrogen-bond acceptors (Lipinski definition) is 4. The van der Waals surface area contributed by atoms with Gasteiger partial charge in [0.05, 0.1) is 10.4 Å². The van der Waals surface area contributed by atoms with Crippen molar-refractivity contribution in [1.29, 1.82) is 0 Å². The first-order chi connectivity index (χ1) is 11.9. The molecule has 4 rings (SSSR count). The van der Waals surface area contributed by atoms with Crippen LogP contribution in [0.4, 0.5) is 5.69 Å². The monoisotopic (exact) mass is 355 g/mol. The summed E-state index contributed by atoms with van der Waals surface area (Å²) in [6, 6.07) is 14.6. The second kappa shape index (κ2) is 5.42. The van der Waals surface area contributed by atoms with Gasteiger partial charge in [-0.1, -0.05) is 42.0 Å². The van der Waals surface area contributed by atoms with Gasteiger partial charge >= 0.3 is 0 Å². The molecule has 3 N–H and O–H groups in total. The molecule has 2 aromatic carbocycles. The van der Waals surface area contributed by atoms with E-state index >= 15 is 0 Å². The first-order valence-electron chi connectivity index (χ1n) is 8.25. The van der Waals surface area contributed by atoms with E-state index in [9.17, 15) is 8.42 Å². The molecule has 2 aromatic rings. The number of para-hydroxylation sites is 1. The van der Waals surface area contributed by atoms with Crippen molar-refractivity contribution in [3.8, 4) is 0 Å². The highest BCUT2D eigenvalue weighted by Crippen LogP contribution is 2.49. The number of sulfonamides is 1. The second-order valence-electron chi connectivity index (χ2n) is 6.76. The Morgan fingerprint density at radius 1 is 1.24 bits per heavy atom. The van der Waals surface area contributed by atoms with Crippen LogP contribution in [0.25, 0.3) is 0 Å². The van der Waals surface area contributed by atoms with Gasteiger partial charge in [-0.15, -0.1) is 6.58 Å². The normalized spacial score (nSPS) is 28.2. The largest absolute Gasteiger partial charge is 0.367 e. The zero-order chi connectivity index (χ0) is 17.8. The Hall–Kier alpha value is -2.15. The molecule has 5 nitrogen and oxygen atoms in total. The van der Waals surface area contributed by atoms with Crippen LogP contribution in [0.15, 0.2) is 66.1 Å². The molecule has 3 atom stereocenters. The SMILES string of the molecule is C=C[C@H]1CN(S(=O)(=O)c2ccc(C)cc2)[C@@H]2Nc3ccccc3[C@]12N. The van der Waals surface area contributed by atoms with Crippen LogP contribution in [0.2, 0.25) is 0 Å². The molecule has 2 aliphatic rings. The molecule has 0 saturated carbocycles. The smallest absolute Gasteiger partial charge is 0.244 e. The maximum Gasteiger partial charge on any atom is 0.244 e. The number of rotatable bonds is 3. The molecule has 0 bridgehead atoms. The molecule has 0 spiro atoms. The number of nitrogens with one attached hydrogen (secondary N) is 1. The zero-order valence-corrected chi connectivity index (χ0v) is 14.8. The Bertz CT molecular complexity index is 939. The molecule has 0 radical (unpaired) electrons. The van der Waals surface area contributed by atoms with Gasteiger partial charge in [-0.3, -0.25) is 0 Å². The minimum atomic E-state index is -3.67. The molecular weight excluding hydrogens is 334 g/mol. The summed E-state index contributed by atoms with van der Waals surface area (Å²) in [6.07, 6.45) is 1.24. The van der Waals surface area contributed by atoms with E-state index in [0.717, 1.165) is 16.8 Å². The summed E-state index contributed by atoms with van der Waals surface area (Å²) in [5, 5.41) is 3.31. The number of nitrogens with two attached hydrogens (primary N) is 1. The summed E-state index contributed by atoms with van der Waals surface area (Å²) in [7, 11) is -3.67. The molecular formula is C19H21N3O2S. The van der Waals surface area contributed by atoms with E-state index in [1.807, 2.05) is 31.2 Å². The van der Waals surface area contributed by atoms with Gasteiger partial charge in [0.25, 0.3) is 0 Å². The van der Waals surface area contributed by atoms with Crippen LogP contribution in [0.3, 0.4) is 0 Å². The van der Waals surface area contributed by atoms with Crippen LogP contribution in [0, 0.1) is 12.8 Å². The van der Waals surface area contributed by atoms with E-state index in [4.69, 9.17) is 5.73 Å².